The van der Waals surface area contributed by atoms with E-state index < -0.39 is 0 Å². The fourth-order valence-electron chi connectivity index (χ4n) is 3.01. The van der Waals surface area contributed by atoms with E-state index in [1.165, 1.54) is 32.1 Å². The van der Waals surface area contributed by atoms with Crippen LogP contribution in [-0.4, -0.2) is 22.6 Å². The molecule has 21 heavy (non-hydrogen) atoms. The van der Waals surface area contributed by atoms with Crippen molar-refractivity contribution in [3.8, 4) is 0 Å². The van der Waals surface area contributed by atoms with E-state index in [4.69, 9.17) is 16.6 Å². The summed E-state index contributed by atoms with van der Waals surface area (Å²) in [6, 6.07) is 0.598. The second-order valence-corrected chi connectivity index (χ2v) is 7.53. The molecule has 3 nitrogen and oxygen atoms in total. The minimum atomic E-state index is -0.0812. The predicted molar refractivity (Wildman–Crippen MR) is 90.4 cm³/mol. The summed E-state index contributed by atoms with van der Waals surface area (Å²) in [5.74, 6) is 1.90. The van der Waals surface area contributed by atoms with Crippen LogP contribution in [0.5, 0.6) is 0 Å². The highest BCUT2D eigenvalue weighted by atomic mass is 35.5. The van der Waals surface area contributed by atoms with Gasteiger partial charge >= 0.3 is 0 Å². The van der Waals surface area contributed by atoms with Gasteiger partial charge in [-0.05, 0) is 32.6 Å². The Morgan fingerprint density at radius 3 is 2.57 bits per heavy atom. The van der Waals surface area contributed by atoms with Gasteiger partial charge in [-0.25, -0.2) is 9.97 Å². The van der Waals surface area contributed by atoms with Crippen LogP contribution >= 0.6 is 11.6 Å². The number of hydrogen-bond donors (Lipinski definition) is 0. The van der Waals surface area contributed by atoms with Gasteiger partial charge in [-0.15, -0.1) is 0 Å². The summed E-state index contributed by atoms with van der Waals surface area (Å²) >= 11 is 6.39. The molecule has 4 heteroatoms. The number of rotatable bonds is 3. The van der Waals surface area contributed by atoms with E-state index in [2.05, 4.69) is 37.6 Å². The van der Waals surface area contributed by atoms with Crippen LogP contribution in [0.4, 0.5) is 5.82 Å². The van der Waals surface area contributed by atoms with Gasteiger partial charge in [0.1, 0.15) is 16.8 Å². The molecule has 0 saturated carbocycles. The van der Waals surface area contributed by atoms with Crippen LogP contribution in [0.3, 0.4) is 0 Å². The Morgan fingerprint density at radius 1 is 1.24 bits per heavy atom. The summed E-state index contributed by atoms with van der Waals surface area (Å²) in [5, 5.41) is 0.603. The second kappa shape index (κ2) is 6.51. The Hall–Kier alpha value is -0.830. The summed E-state index contributed by atoms with van der Waals surface area (Å²) in [5.41, 5.74) is 0.940. The molecule has 0 spiro atoms. The van der Waals surface area contributed by atoms with Crippen LogP contribution in [0.2, 0.25) is 5.15 Å². The second-order valence-electron chi connectivity index (χ2n) is 7.17. The zero-order valence-corrected chi connectivity index (χ0v) is 14.8. The van der Waals surface area contributed by atoms with Crippen molar-refractivity contribution >= 4 is 17.4 Å². The highest BCUT2D eigenvalue weighted by molar-refractivity contribution is 6.30. The molecule has 0 aliphatic carbocycles. The Bertz CT molecular complexity index is 492. The first kappa shape index (κ1) is 16.5. The normalized spacial score (nSPS) is 19.9. The maximum atomic E-state index is 6.39. The highest BCUT2D eigenvalue weighted by Gasteiger charge is 2.27. The van der Waals surface area contributed by atoms with Crippen molar-refractivity contribution in [2.45, 2.75) is 78.2 Å². The SMILES string of the molecule is CCCC1CCCCN1c1nc(C(C)(C)C)nc(Cl)c1C. The van der Waals surface area contributed by atoms with E-state index in [1.54, 1.807) is 0 Å². The molecule has 1 saturated heterocycles. The van der Waals surface area contributed by atoms with Gasteiger partial charge in [-0.2, -0.15) is 0 Å². The van der Waals surface area contributed by atoms with Gasteiger partial charge in [-0.1, -0.05) is 45.7 Å². The molecule has 1 fully saturated rings. The van der Waals surface area contributed by atoms with E-state index in [9.17, 15) is 0 Å². The molecule has 1 aromatic heterocycles. The number of anilines is 1. The molecule has 2 rings (SSSR count). The van der Waals surface area contributed by atoms with Crippen LogP contribution in [0, 0.1) is 6.92 Å². The molecule has 0 aromatic carbocycles. The smallest absolute Gasteiger partial charge is 0.137 e. The standard InChI is InChI=1S/C17H28ClN3/c1-6-9-13-10-7-8-11-21(13)15-12(2)14(18)19-16(20-15)17(3,4)5/h13H,6-11H2,1-5H3. The number of halogens is 1. The van der Waals surface area contributed by atoms with Crippen LogP contribution in [0.1, 0.15) is 71.2 Å². The number of hydrogen-bond acceptors (Lipinski definition) is 3. The van der Waals surface area contributed by atoms with Crippen LogP contribution < -0.4 is 4.90 Å². The monoisotopic (exact) mass is 309 g/mol. The molecule has 1 atom stereocenters. The van der Waals surface area contributed by atoms with Gasteiger partial charge in [0.15, 0.2) is 0 Å². The molecular formula is C17H28ClN3. The van der Waals surface area contributed by atoms with Gasteiger partial charge in [0.2, 0.25) is 0 Å². The van der Waals surface area contributed by atoms with Gasteiger partial charge in [0.05, 0.1) is 0 Å². The number of aromatic nitrogens is 2. The highest BCUT2D eigenvalue weighted by Crippen LogP contribution is 2.32. The molecule has 1 aliphatic heterocycles. The first-order valence-electron chi connectivity index (χ1n) is 8.16. The van der Waals surface area contributed by atoms with E-state index in [0.717, 1.165) is 23.8 Å². The third-order valence-electron chi connectivity index (χ3n) is 4.25. The van der Waals surface area contributed by atoms with Crippen LogP contribution in [0.25, 0.3) is 0 Å². The average molecular weight is 310 g/mol. The molecular weight excluding hydrogens is 282 g/mol. The van der Waals surface area contributed by atoms with Crippen molar-refractivity contribution in [3.63, 3.8) is 0 Å². The maximum absolute atomic E-state index is 6.39. The molecule has 1 unspecified atom stereocenters. The molecule has 0 bridgehead atoms. The Kier molecular flexibility index (Phi) is 5.13. The lowest BCUT2D eigenvalue weighted by Gasteiger charge is -2.38. The molecule has 0 N–H and O–H groups in total. The lowest BCUT2D eigenvalue weighted by Crippen LogP contribution is -2.41. The molecule has 1 aliphatic rings. The Balaban J connectivity index is 2.43. The first-order valence-corrected chi connectivity index (χ1v) is 8.53. The van der Waals surface area contributed by atoms with Crippen molar-refractivity contribution in [3.05, 3.63) is 16.5 Å². The first-order chi connectivity index (χ1) is 9.84. The summed E-state index contributed by atoms with van der Waals surface area (Å²) in [4.78, 5) is 11.9. The number of piperidine rings is 1. The summed E-state index contributed by atoms with van der Waals surface area (Å²) in [6.07, 6.45) is 6.27. The third-order valence-corrected chi connectivity index (χ3v) is 4.62. The predicted octanol–water partition coefficient (Wildman–Crippen LogP) is 4.89. The minimum absolute atomic E-state index is 0.0812. The zero-order valence-electron chi connectivity index (χ0n) is 14.0. The zero-order chi connectivity index (χ0) is 15.6. The summed E-state index contributed by atoms with van der Waals surface area (Å²) < 4.78 is 0. The molecule has 1 aromatic rings. The summed E-state index contributed by atoms with van der Waals surface area (Å²) in [6.45, 7) is 11.8. The van der Waals surface area contributed by atoms with Gasteiger partial charge in [-0.3, -0.25) is 0 Å². The quantitative estimate of drug-likeness (QED) is 0.744. The van der Waals surface area contributed by atoms with E-state index >= 15 is 0 Å². The topological polar surface area (TPSA) is 29.0 Å². The number of nitrogens with zero attached hydrogens (tertiary/aromatic N) is 3. The van der Waals surface area contributed by atoms with Crippen molar-refractivity contribution < 1.29 is 0 Å². The fraction of sp³-hybridized carbons (Fsp3) is 0.765. The van der Waals surface area contributed by atoms with Gasteiger partial charge < -0.3 is 4.90 Å². The largest absolute Gasteiger partial charge is 0.353 e. The van der Waals surface area contributed by atoms with Crippen molar-refractivity contribution in [1.82, 2.24) is 9.97 Å². The van der Waals surface area contributed by atoms with Crippen molar-refractivity contribution in [2.75, 3.05) is 11.4 Å². The molecule has 2 heterocycles. The molecule has 0 amide bonds. The third kappa shape index (κ3) is 3.68. The lowest BCUT2D eigenvalue weighted by molar-refractivity contribution is 0.429. The average Bonchev–Trinajstić information content (AvgIpc) is 2.42. The molecule has 118 valence electrons. The lowest BCUT2D eigenvalue weighted by atomic mass is 9.95. The van der Waals surface area contributed by atoms with E-state index in [-0.39, 0.29) is 5.41 Å². The van der Waals surface area contributed by atoms with E-state index in [1.807, 2.05) is 6.92 Å². The van der Waals surface area contributed by atoms with Gasteiger partial charge in [0.25, 0.3) is 0 Å². The van der Waals surface area contributed by atoms with Crippen molar-refractivity contribution in [1.29, 1.82) is 0 Å². The minimum Gasteiger partial charge on any atom is -0.353 e. The Labute approximate surface area is 134 Å². The molecule has 0 radical (unpaired) electrons. The van der Waals surface area contributed by atoms with Crippen molar-refractivity contribution in [2.24, 2.45) is 0 Å². The summed E-state index contributed by atoms with van der Waals surface area (Å²) in [7, 11) is 0. The van der Waals surface area contributed by atoms with E-state index in [0.29, 0.717) is 11.2 Å². The fourth-order valence-corrected chi connectivity index (χ4v) is 3.17. The maximum Gasteiger partial charge on any atom is 0.137 e. The van der Waals surface area contributed by atoms with Crippen LogP contribution in [0.15, 0.2) is 0 Å². The Morgan fingerprint density at radius 2 is 1.95 bits per heavy atom. The van der Waals surface area contributed by atoms with Gasteiger partial charge in [0, 0.05) is 23.6 Å². The van der Waals surface area contributed by atoms with Crippen LogP contribution in [-0.2, 0) is 5.41 Å².